The van der Waals surface area contributed by atoms with E-state index in [1.165, 1.54) is 6.07 Å². The van der Waals surface area contributed by atoms with Crippen LogP contribution in [0.15, 0.2) is 104 Å². The Morgan fingerprint density at radius 2 is 1.57 bits per heavy atom. The molecule has 67 heavy (non-hydrogen) atoms. The third-order valence-electron chi connectivity index (χ3n) is 13.8. The first-order chi connectivity index (χ1) is 32.7. The number of hydrogen-bond donors (Lipinski definition) is 2. The molecule has 2 N–H and O–H groups in total. The number of likely N-dealkylation sites (tertiary alicyclic amines) is 1. The summed E-state index contributed by atoms with van der Waals surface area (Å²) >= 11 is 0. The van der Waals surface area contributed by atoms with Crippen LogP contribution in [0.4, 0.5) is 21.6 Å². The maximum Gasteiger partial charge on any atom is 0.249 e. The average Bonchev–Trinajstić information content (AvgIpc) is 3.79. The average molecular weight is 901 g/mol. The zero-order valence-electron chi connectivity index (χ0n) is 37.4. The smallest absolute Gasteiger partial charge is 0.249 e. The molecule has 16 heteroatoms. The normalized spacial score (nSPS) is 18.8. The molecular formula is C51H53FN12O3. The molecule has 0 bridgehead atoms. The molecular weight excluding hydrogens is 848 g/mol. The molecule has 10 rings (SSSR count). The molecule has 2 aromatic carbocycles. The van der Waals surface area contributed by atoms with Gasteiger partial charge in [0.2, 0.25) is 17.7 Å². The number of anilines is 3. The number of fused-ring (bicyclic) bond motifs is 1. The molecule has 4 aliphatic rings. The van der Waals surface area contributed by atoms with Crippen LogP contribution >= 0.6 is 0 Å². The van der Waals surface area contributed by atoms with E-state index < -0.39 is 6.04 Å². The Kier molecular flexibility index (Phi) is 12.6. The number of nitrogens with zero attached hydrogens (tertiary/aromatic N) is 10. The van der Waals surface area contributed by atoms with Crippen LogP contribution in [0.3, 0.4) is 0 Å². The van der Waals surface area contributed by atoms with E-state index >= 15 is 4.39 Å². The van der Waals surface area contributed by atoms with Gasteiger partial charge in [-0.15, -0.1) is 0 Å². The van der Waals surface area contributed by atoms with Crippen LogP contribution in [-0.2, 0) is 20.9 Å². The van der Waals surface area contributed by atoms with Crippen LogP contribution < -0.4 is 20.4 Å². The van der Waals surface area contributed by atoms with Crippen molar-refractivity contribution in [3.63, 3.8) is 0 Å². The van der Waals surface area contributed by atoms with Gasteiger partial charge in [0.05, 0.1) is 29.5 Å². The van der Waals surface area contributed by atoms with Gasteiger partial charge < -0.3 is 20.0 Å². The standard InChI is InChI=1S/C51H53FN12O3/c52-45-28-40(57-46-11-13-48(65)58-51(46)67)7-10-43(45)36-14-17-59(18-15-36)34-49(66)63-25-23-61(24-26-63)42-8-4-35(5-9-42)38-27-44(50-39(29-53)31-56-64(50)32-38)37-6-12-47(55-30-37)62-21-19-60(20-22-62)33-41-3-1-2-16-54-41/h1-10,12,16,27-28,30-32,36,46,57H,11,13-15,17-26,33-34H2,(H,58,65,67). The monoisotopic (exact) mass is 900 g/mol. The number of nitriles is 1. The maximum atomic E-state index is 15.3. The number of imide groups is 1. The van der Waals surface area contributed by atoms with Gasteiger partial charge in [-0.2, -0.15) is 10.4 Å². The van der Waals surface area contributed by atoms with Gasteiger partial charge in [-0.25, -0.2) is 13.9 Å². The third-order valence-corrected chi connectivity index (χ3v) is 13.8. The molecule has 4 aromatic heterocycles. The summed E-state index contributed by atoms with van der Waals surface area (Å²) < 4.78 is 17.1. The molecule has 1 unspecified atom stereocenters. The Balaban J connectivity index is 0.720. The molecule has 4 saturated heterocycles. The minimum Gasteiger partial charge on any atom is -0.374 e. The van der Waals surface area contributed by atoms with Crippen LogP contribution in [0.1, 0.15) is 48.4 Å². The minimum atomic E-state index is -0.568. The van der Waals surface area contributed by atoms with Crippen molar-refractivity contribution in [2.75, 3.05) is 87.1 Å². The molecule has 0 aliphatic carbocycles. The number of rotatable bonds is 11. The van der Waals surface area contributed by atoms with Crippen molar-refractivity contribution in [2.24, 2.45) is 0 Å². The highest BCUT2D eigenvalue weighted by atomic mass is 19.1. The van der Waals surface area contributed by atoms with Crippen LogP contribution in [0.5, 0.6) is 0 Å². The Labute approximate surface area is 388 Å². The quantitative estimate of drug-likeness (QED) is 0.157. The first-order valence-electron chi connectivity index (χ1n) is 23.2. The Morgan fingerprint density at radius 1 is 0.791 bits per heavy atom. The lowest BCUT2D eigenvalue weighted by molar-refractivity contribution is -0.134. The zero-order chi connectivity index (χ0) is 45.9. The van der Waals surface area contributed by atoms with Gasteiger partial charge in [-0.05, 0) is 104 Å². The highest BCUT2D eigenvalue weighted by Gasteiger charge is 2.29. The van der Waals surface area contributed by atoms with Gasteiger partial charge in [0.25, 0.3) is 0 Å². The van der Waals surface area contributed by atoms with Crippen molar-refractivity contribution in [1.29, 1.82) is 5.26 Å². The fourth-order valence-electron chi connectivity index (χ4n) is 9.92. The largest absolute Gasteiger partial charge is 0.374 e. The Hall–Kier alpha value is -7.22. The van der Waals surface area contributed by atoms with E-state index in [0.29, 0.717) is 56.0 Å². The van der Waals surface area contributed by atoms with Gasteiger partial charge in [0.15, 0.2) is 0 Å². The van der Waals surface area contributed by atoms with Crippen molar-refractivity contribution in [3.8, 4) is 28.3 Å². The lowest BCUT2D eigenvalue weighted by Gasteiger charge is -2.38. The first-order valence-corrected chi connectivity index (χ1v) is 23.2. The summed E-state index contributed by atoms with van der Waals surface area (Å²) in [6.45, 7) is 8.96. The molecule has 8 heterocycles. The van der Waals surface area contributed by atoms with Crippen molar-refractivity contribution in [3.05, 3.63) is 126 Å². The molecule has 342 valence electrons. The highest BCUT2D eigenvalue weighted by Crippen LogP contribution is 2.35. The first kappa shape index (κ1) is 43.7. The summed E-state index contributed by atoms with van der Waals surface area (Å²) in [5.41, 5.74) is 8.39. The maximum absolute atomic E-state index is 15.3. The van der Waals surface area contributed by atoms with Crippen molar-refractivity contribution in [1.82, 2.24) is 39.6 Å². The number of nitrogens with one attached hydrogen (secondary N) is 2. The molecule has 6 aromatic rings. The fourth-order valence-corrected chi connectivity index (χ4v) is 9.92. The zero-order valence-corrected chi connectivity index (χ0v) is 37.4. The van der Waals surface area contributed by atoms with Crippen LogP contribution in [0, 0.1) is 17.1 Å². The van der Waals surface area contributed by atoms with Gasteiger partial charge in [0.1, 0.15) is 23.7 Å². The van der Waals surface area contributed by atoms with Crippen molar-refractivity contribution >= 4 is 40.4 Å². The summed E-state index contributed by atoms with van der Waals surface area (Å²) in [6.07, 6.45) is 9.45. The van der Waals surface area contributed by atoms with Crippen molar-refractivity contribution in [2.45, 2.75) is 44.2 Å². The molecule has 4 aliphatic heterocycles. The summed E-state index contributed by atoms with van der Waals surface area (Å²) in [4.78, 5) is 57.7. The molecule has 0 spiro atoms. The summed E-state index contributed by atoms with van der Waals surface area (Å²) in [6, 6.07) is 27.6. The molecule has 0 radical (unpaired) electrons. The SMILES string of the molecule is N#Cc1cnn2cc(-c3ccc(N4CCN(C(=O)CN5CCC(c6ccc(NC7CCC(=O)NC7=O)cc6F)CC5)CC4)cc3)cc(-c3ccc(N4CCN(Cc5ccccn5)CC4)nc3)c12. The highest BCUT2D eigenvalue weighted by molar-refractivity contribution is 6.01. The van der Waals surface area contributed by atoms with E-state index in [1.807, 2.05) is 35.6 Å². The third kappa shape index (κ3) is 9.70. The van der Waals surface area contributed by atoms with E-state index in [2.05, 4.69) is 94.9 Å². The number of carbonyl (C=O) groups is 3. The second kappa shape index (κ2) is 19.3. The summed E-state index contributed by atoms with van der Waals surface area (Å²) in [7, 11) is 0. The molecule has 15 nitrogen and oxygen atoms in total. The number of hydrogen-bond acceptors (Lipinski definition) is 12. The van der Waals surface area contributed by atoms with Gasteiger partial charge in [-0.3, -0.25) is 34.5 Å². The number of amides is 3. The lowest BCUT2D eigenvalue weighted by Crippen LogP contribution is -2.51. The predicted octanol–water partition coefficient (Wildman–Crippen LogP) is 5.54. The van der Waals surface area contributed by atoms with Gasteiger partial charge in [-0.1, -0.05) is 24.3 Å². The van der Waals surface area contributed by atoms with Gasteiger partial charge >= 0.3 is 0 Å². The van der Waals surface area contributed by atoms with Crippen LogP contribution in [0.2, 0.25) is 0 Å². The summed E-state index contributed by atoms with van der Waals surface area (Å²) in [5, 5.41) is 19.9. The number of carbonyl (C=O) groups excluding carboxylic acids is 3. The lowest BCUT2D eigenvalue weighted by atomic mass is 9.89. The molecule has 0 saturated carbocycles. The number of halogens is 1. The predicted molar refractivity (Wildman–Crippen MR) is 254 cm³/mol. The number of pyridine rings is 3. The van der Waals surface area contributed by atoms with E-state index in [0.717, 1.165) is 104 Å². The molecule has 3 amide bonds. The fraction of sp³-hybridized carbons (Fsp3) is 0.353. The second-order valence-corrected chi connectivity index (χ2v) is 17.9. The molecule has 1 atom stereocenters. The number of aromatic nitrogens is 4. The van der Waals surface area contributed by atoms with Crippen LogP contribution in [-0.4, -0.2) is 130 Å². The number of benzene rings is 2. The van der Waals surface area contributed by atoms with E-state index in [4.69, 9.17) is 4.98 Å². The van der Waals surface area contributed by atoms with E-state index in [-0.39, 0.29) is 35.9 Å². The summed E-state index contributed by atoms with van der Waals surface area (Å²) in [5.74, 6) is 0.111. The minimum absolute atomic E-state index is 0.0504. The Bertz CT molecular complexity index is 2790. The van der Waals surface area contributed by atoms with E-state index in [1.54, 1.807) is 22.8 Å². The Morgan fingerprint density at radius 3 is 2.27 bits per heavy atom. The van der Waals surface area contributed by atoms with E-state index in [9.17, 15) is 19.6 Å². The number of piperidine rings is 2. The van der Waals surface area contributed by atoms with Crippen molar-refractivity contribution < 1.29 is 18.8 Å². The van der Waals surface area contributed by atoms with Gasteiger partial charge in [0, 0.05) is 112 Å². The molecule has 4 fully saturated rings. The second-order valence-electron chi connectivity index (χ2n) is 17.9. The number of piperazine rings is 2. The topological polar surface area (TPSA) is 158 Å². The van der Waals surface area contributed by atoms with Crippen LogP contribution in [0.25, 0.3) is 27.8 Å².